The van der Waals surface area contributed by atoms with Crippen LogP contribution < -0.4 is 0 Å². The van der Waals surface area contributed by atoms with Gasteiger partial charge in [0.1, 0.15) is 0 Å². The van der Waals surface area contributed by atoms with Crippen LogP contribution in [0.15, 0.2) is 18.2 Å². The predicted molar refractivity (Wildman–Crippen MR) is 62.2 cm³/mol. The van der Waals surface area contributed by atoms with E-state index in [0.717, 1.165) is 18.4 Å². The van der Waals surface area contributed by atoms with Crippen molar-refractivity contribution in [1.29, 1.82) is 5.26 Å². The summed E-state index contributed by atoms with van der Waals surface area (Å²) in [6, 6.07) is 7.91. The number of hydrogen-bond acceptors (Lipinski definition) is 1. The smallest absolute Gasteiger partial charge is 0.0854 e. The Morgan fingerprint density at radius 2 is 2.20 bits per heavy atom. The maximum atomic E-state index is 9.25. The average Bonchev–Trinajstić information content (AvgIpc) is 2.97. The van der Waals surface area contributed by atoms with Gasteiger partial charge in [-0.15, -0.1) is 0 Å². The highest BCUT2D eigenvalue weighted by Gasteiger charge is 2.54. The van der Waals surface area contributed by atoms with Crippen LogP contribution in [0.5, 0.6) is 0 Å². The van der Waals surface area contributed by atoms with Gasteiger partial charge in [0, 0.05) is 0 Å². The third-order valence-corrected chi connectivity index (χ3v) is 3.97. The van der Waals surface area contributed by atoms with E-state index in [1.54, 1.807) is 6.07 Å². The Hall–Kier alpha value is -0.710. The maximum absolute atomic E-state index is 9.25. The van der Waals surface area contributed by atoms with Crippen LogP contribution in [0.4, 0.5) is 0 Å². The van der Waals surface area contributed by atoms with Crippen molar-refractivity contribution >= 4 is 23.2 Å². The van der Waals surface area contributed by atoms with E-state index in [9.17, 15) is 5.26 Å². The summed E-state index contributed by atoms with van der Waals surface area (Å²) in [5, 5.41) is 10.3. The molecule has 0 N–H and O–H groups in total. The Kier molecular flexibility index (Phi) is 2.66. The zero-order valence-electron chi connectivity index (χ0n) is 8.43. The Morgan fingerprint density at radius 3 is 2.67 bits per heavy atom. The number of hydrogen-bond donors (Lipinski definition) is 0. The number of nitrogens with zero attached hydrogens (tertiary/aromatic N) is 1. The molecule has 0 aromatic heterocycles. The topological polar surface area (TPSA) is 23.8 Å². The van der Waals surface area contributed by atoms with Gasteiger partial charge in [0.2, 0.25) is 0 Å². The van der Waals surface area contributed by atoms with Gasteiger partial charge in [-0.25, -0.2) is 0 Å². The highest BCUT2D eigenvalue weighted by Crippen LogP contribution is 2.56. The van der Waals surface area contributed by atoms with E-state index in [1.165, 1.54) is 0 Å². The first kappa shape index (κ1) is 10.8. The lowest BCUT2D eigenvalue weighted by Gasteiger charge is -2.09. The van der Waals surface area contributed by atoms with Crippen LogP contribution in [0, 0.1) is 17.2 Å². The summed E-state index contributed by atoms with van der Waals surface area (Å²) < 4.78 is 0. The standard InChI is InChI=1S/C12H11Cl2N/c1-2-8-6-12(8,7-15)9-3-4-10(13)11(14)5-9/h3-5,8H,2,6H2,1H3/t8-,12-/m1/s1. The number of nitriles is 1. The fourth-order valence-corrected chi connectivity index (χ4v) is 2.45. The fourth-order valence-electron chi connectivity index (χ4n) is 2.15. The van der Waals surface area contributed by atoms with E-state index in [-0.39, 0.29) is 5.41 Å². The molecule has 0 amide bonds. The van der Waals surface area contributed by atoms with Crippen molar-refractivity contribution in [2.75, 3.05) is 0 Å². The van der Waals surface area contributed by atoms with Gasteiger partial charge in [-0.05, 0) is 30.0 Å². The summed E-state index contributed by atoms with van der Waals surface area (Å²) in [6.07, 6.45) is 1.98. The Bertz CT molecular complexity index is 436. The number of halogens is 2. The molecule has 15 heavy (non-hydrogen) atoms. The van der Waals surface area contributed by atoms with Crippen molar-refractivity contribution in [2.45, 2.75) is 25.2 Å². The molecule has 0 radical (unpaired) electrons. The first-order valence-electron chi connectivity index (χ1n) is 5.01. The molecule has 0 bridgehead atoms. The van der Waals surface area contributed by atoms with E-state index in [1.807, 2.05) is 12.1 Å². The maximum Gasteiger partial charge on any atom is 0.0854 e. The van der Waals surface area contributed by atoms with Gasteiger partial charge in [0.15, 0.2) is 0 Å². The summed E-state index contributed by atoms with van der Waals surface area (Å²) in [6.45, 7) is 2.11. The van der Waals surface area contributed by atoms with Gasteiger partial charge in [-0.1, -0.05) is 42.6 Å². The largest absolute Gasteiger partial charge is 0.197 e. The molecule has 0 aliphatic heterocycles. The molecule has 1 aromatic carbocycles. The Labute approximate surface area is 99.6 Å². The van der Waals surface area contributed by atoms with Crippen LogP contribution in [0.1, 0.15) is 25.3 Å². The number of benzene rings is 1. The molecule has 2 atom stereocenters. The van der Waals surface area contributed by atoms with E-state index < -0.39 is 0 Å². The van der Waals surface area contributed by atoms with E-state index in [4.69, 9.17) is 23.2 Å². The predicted octanol–water partition coefficient (Wildman–Crippen LogP) is 4.18. The van der Waals surface area contributed by atoms with Gasteiger partial charge in [0.25, 0.3) is 0 Å². The van der Waals surface area contributed by atoms with Crippen LogP contribution in [0.2, 0.25) is 10.0 Å². The molecular weight excluding hydrogens is 229 g/mol. The molecule has 0 spiro atoms. The third kappa shape index (κ3) is 1.62. The summed E-state index contributed by atoms with van der Waals surface area (Å²) >= 11 is 11.8. The molecule has 1 aromatic rings. The molecule has 0 saturated heterocycles. The van der Waals surface area contributed by atoms with Crippen LogP contribution >= 0.6 is 23.2 Å². The minimum Gasteiger partial charge on any atom is -0.197 e. The molecule has 1 saturated carbocycles. The molecule has 1 fully saturated rings. The SMILES string of the molecule is CC[C@@H]1C[C@]1(C#N)c1ccc(Cl)c(Cl)c1. The van der Waals surface area contributed by atoms with Crippen LogP contribution in [-0.2, 0) is 5.41 Å². The summed E-state index contributed by atoms with van der Waals surface area (Å²) in [5.41, 5.74) is 0.703. The monoisotopic (exact) mass is 239 g/mol. The molecule has 1 nitrogen and oxygen atoms in total. The zero-order chi connectivity index (χ0) is 11.1. The van der Waals surface area contributed by atoms with Crippen molar-refractivity contribution in [1.82, 2.24) is 0 Å². The minimum atomic E-state index is -0.303. The van der Waals surface area contributed by atoms with E-state index in [0.29, 0.717) is 16.0 Å². The second-order valence-electron chi connectivity index (χ2n) is 4.02. The van der Waals surface area contributed by atoms with Crippen molar-refractivity contribution in [3.63, 3.8) is 0 Å². The van der Waals surface area contributed by atoms with Crippen molar-refractivity contribution in [3.8, 4) is 6.07 Å². The minimum absolute atomic E-state index is 0.303. The van der Waals surface area contributed by atoms with Crippen LogP contribution in [0.3, 0.4) is 0 Å². The van der Waals surface area contributed by atoms with E-state index >= 15 is 0 Å². The summed E-state index contributed by atoms with van der Waals surface area (Å²) in [5.74, 6) is 0.472. The first-order valence-corrected chi connectivity index (χ1v) is 5.76. The molecule has 3 heteroatoms. The average molecular weight is 240 g/mol. The highest BCUT2D eigenvalue weighted by molar-refractivity contribution is 6.42. The molecule has 2 rings (SSSR count). The van der Waals surface area contributed by atoms with Crippen molar-refractivity contribution in [3.05, 3.63) is 33.8 Å². The van der Waals surface area contributed by atoms with Gasteiger partial charge in [0.05, 0.1) is 21.5 Å². The first-order chi connectivity index (χ1) is 7.14. The second kappa shape index (κ2) is 3.70. The quantitative estimate of drug-likeness (QED) is 0.760. The second-order valence-corrected chi connectivity index (χ2v) is 4.84. The lowest BCUT2D eigenvalue weighted by molar-refractivity contribution is 0.701. The van der Waals surface area contributed by atoms with Crippen molar-refractivity contribution in [2.24, 2.45) is 5.92 Å². The van der Waals surface area contributed by atoms with E-state index in [2.05, 4.69) is 13.0 Å². The lowest BCUT2D eigenvalue weighted by atomic mass is 9.94. The van der Waals surface area contributed by atoms with Gasteiger partial charge < -0.3 is 0 Å². The fraction of sp³-hybridized carbons (Fsp3) is 0.417. The summed E-state index contributed by atoms with van der Waals surface area (Å²) in [7, 11) is 0. The lowest BCUT2D eigenvalue weighted by Crippen LogP contribution is -2.06. The Balaban J connectivity index is 2.39. The Morgan fingerprint density at radius 1 is 1.47 bits per heavy atom. The van der Waals surface area contributed by atoms with Crippen LogP contribution in [-0.4, -0.2) is 0 Å². The van der Waals surface area contributed by atoms with Gasteiger partial charge in [-0.2, -0.15) is 5.26 Å². The molecule has 0 heterocycles. The summed E-state index contributed by atoms with van der Waals surface area (Å²) in [4.78, 5) is 0. The molecule has 1 aliphatic carbocycles. The molecule has 78 valence electrons. The molecular formula is C12H11Cl2N. The highest BCUT2D eigenvalue weighted by atomic mass is 35.5. The molecule has 1 aliphatic rings. The number of rotatable bonds is 2. The molecule has 0 unspecified atom stereocenters. The third-order valence-electron chi connectivity index (χ3n) is 3.23. The van der Waals surface area contributed by atoms with Crippen LogP contribution in [0.25, 0.3) is 0 Å². The normalized spacial score (nSPS) is 28.5. The van der Waals surface area contributed by atoms with Gasteiger partial charge >= 0.3 is 0 Å². The van der Waals surface area contributed by atoms with Gasteiger partial charge in [-0.3, -0.25) is 0 Å². The van der Waals surface area contributed by atoms with Crippen molar-refractivity contribution < 1.29 is 0 Å². The zero-order valence-corrected chi connectivity index (χ0v) is 9.94.